The minimum atomic E-state index is 0.282. The number of nitrogens with one attached hydrogen (secondary N) is 3. The van der Waals surface area contributed by atoms with E-state index in [0.717, 1.165) is 11.4 Å². The smallest absolute Gasteiger partial charge is 0.322 e. The highest BCUT2D eigenvalue weighted by Gasteiger charge is 2.25. The number of aromatic amines is 1. The van der Waals surface area contributed by atoms with E-state index in [-0.39, 0.29) is 5.69 Å². The maximum atomic E-state index is 11.8. The molecule has 4 rings (SSSR count). The Kier molecular flexibility index (Phi) is 4.98. The van der Waals surface area contributed by atoms with E-state index in [9.17, 15) is 4.91 Å². The van der Waals surface area contributed by atoms with Crippen molar-refractivity contribution < 1.29 is 14.5 Å². The van der Waals surface area contributed by atoms with Gasteiger partial charge in [0.2, 0.25) is 5.95 Å². The number of ether oxygens (including phenoxy) is 1. The predicted molar refractivity (Wildman–Crippen MR) is 107 cm³/mol. The van der Waals surface area contributed by atoms with Crippen LogP contribution in [0.3, 0.4) is 0 Å². The van der Waals surface area contributed by atoms with Gasteiger partial charge in [0.05, 0.1) is 23.8 Å². The van der Waals surface area contributed by atoms with Crippen LogP contribution in [-0.4, -0.2) is 39.3 Å². The first-order chi connectivity index (χ1) is 14.0. The van der Waals surface area contributed by atoms with Gasteiger partial charge in [-0.05, 0) is 19.8 Å². The zero-order valence-electron chi connectivity index (χ0n) is 16.4. The topological polar surface area (TPSA) is 117 Å². The third-order valence-corrected chi connectivity index (χ3v) is 4.48. The summed E-state index contributed by atoms with van der Waals surface area (Å²) < 4.78 is 5.25. The fraction of sp³-hybridized carbons (Fsp3) is 0.316. The van der Waals surface area contributed by atoms with Gasteiger partial charge in [0.25, 0.3) is 4.92 Å². The molecule has 0 atom stereocenters. The fourth-order valence-electron chi connectivity index (χ4n) is 2.94. The van der Waals surface area contributed by atoms with Gasteiger partial charge in [0.15, 0.2) is 12.9 Å². The van der Waals surface area contributed by atoms with Crippen molar-refractivity contribution in [2.75, 3.05) is 24.9 Å². The highest BCUT2D eigenvalue weighted by molar-refractivity contribution is 5.63. The Labute approximate surface area is 167 Å². The van der Waals surface area contributed by atoms with Crippen molar-refractivity contribution in [1.29, 1.82) is 0 Å². The molecule has 1 saturated carbocycles. The molecule has 1 aliphatic rings. The number of aromatic nitrogens is 4. The van der Waals surface area contributed by atoms with Crippen molar-refractivity contribution in [3.8, 4) is 5.75 Å². The highest BCUT2D eigenvalue weighted by Crippen LogP contribution is 2.39. The molecule has 3 N–H and O–H groups in total. The number of hydrogen-bond acceptors (Lipinski definition) is 8. The summed E-state index contributed by atoms with van der Waals surface area (Å²) in [6.45, 7) is 1.87. The molecule has 0 bridgehead atoms. The van der Waals surface area contributed by atoms with Crippen LogP contribution in [0.15, 0.2) is 30.3 Å². The van der Waals surface area contributed by atoms with E-state index in [4.69, 9.17) is 9.57 Å². The van der Waals surface area contributed by atoms with E-state index < -0.39 is 0 Å². The lowest BCUT2D eigenvalue weighted by atomic mass is 10.2. The quantitative estimate of drug-likeness (QED) is 0.492. The number of nitrogens with zero attached hydrogens (tertiary/aromatic N) is 4. The van der Waals surface area contributed by atoms with E-state index in [1.54, 1.807) is 18.2 Å². The zero-order chi connectivity index (χ0) is 20.4. The molecule has 0 spiro atoms. The maximum absolute atomic E-state index is 11.8. The number of rotatable bonds is 8. The normalized spacial score (nSPS) is 13.1. The summed E-state index contributed by atoms with van der Waals surface area (Å²) in [4.78, 5) is 25.8. The van der Waals surface area contributed by atoms with Crippen molar-refractivity contribution in [1.82, 2.24) is 20.2 Å². The Morgan fingerprint density at radius 3 is 2.62 bits per heavy atom. The van der Waals surface area contributed by atoms with Crippen LogP contribution >= 0.6 is 0 Å². The SMILES string of the molecule is COc1cc(Nc2nc(C)cc(Nc3cc(C4CC4)[nH]n3)n2)cc([N+](=O)OC)c1. The Morgan fingerprint density at radius 1 is 1.07 bits per heavy atom. The van der Waals surface area contributed by atoms with Gasteiger partial charge in [-0.1, -0.05) is 0 Å². The van der Waals surface area contributed by atoms with Crippen LogP contribution in [0.1, 0.15) is 30.1 Å². The standard InChI is InChI=1S/C19H22N7O3/c1-11-6-17(22-18-10-16(24-25-18)12-4-5-12)23-19(20-11)21-13-7-14(26(27)29-3)9-15(8-13)28-2/h6-10,12H,4-5H2,1-3H3,(H3,20,21,22,23,24,25)/q+1. The van der Waals surface area contributed by atoms with Crippen molar-refractivity contribution in [3.05, 3.63) is 46.6 Å². The summed E-state index contributed by atoms with van der Waals surface area (Å²) in [6.07, 6.45) is 2.41. The number of methoxy groups -OCH3 is 1. The van der Waals surface area contributed by atoms with Gasteiger partial charge in [-0.15, -0.1) is 0 Å². The molecule has 10 heteroatoms. The molecule has 1 fully saturated rings. The molecule has 10 nitrogen and oxygen atoms in total. The summed E-state index contributed by atoms with van der Waals surface area (Å²) >= 11 is 0. The van der Waals surface area contributed by atoms with E-state index in [2.05, 4.69) is 30.8 Å². The molecule has 0 aliphatic heterocycles. The Hall–Kier alpha value is -3.69. The number of benzene rings is 1. The van der Waals surface area contributed by atoms with E-state index >= 15 is 0 Å². The lowest BCUT2D eigenvalue weighted by molar-refractivity contribution is -0.736. The summed E-state index contributed by atoms with van der Waals surface area (Å²) in [7, 11) is 2.82. The van der Waals surface area contributed by atoms with Gasteiger partial charge in [-0.2, -0.15) is 10.1 Å². The lowest BCUT2D eigenvalue weighted by Crippen LogP contribution is -2.04. The van der Waals surface area contributed by atoms with Gasteiger partial charge in [0, 0.05) is 41.6 Å². The van der Waals surface area contributed by atoms with Crippen LogP contribution in [0, 0.1) is 11.8 Å². The van der Waals surface area contributed by atoms with Crippen LogP contribution in [0.4, 0.5) is 29.0 Å². The van der Waals surface area contributed by atoms with Gasteiger partial charge in [-0.3, -0.25) is 5.10 Å². The molecular formula is C19H22N7O3+. The van der Waals surface area contributed by atoms with Crippen molar-refractivity contribution in [2.45, 2.75) is 25.7 Å². The second-order valence-corrected chi connectivity index (χ2v) is 6.81. The van der Waals surface area contributed by atoms with Crippen molar-refractivity contribution in [2.24, 2.45) is 0 Å². The molecular weight excluding hydrogens is 374 g/mol. The van der Waals surface area contributed by atoms with E-state index in [1.807, 2.05) is 19.1 Å². The maximum Gasteiger partial charge on any atom is 0.322 e. The van der Waals surface area contributed by atoms with Gasteiger partial charge in [-0.25, -0.2) is 9.82 Å². The molecule has 0 radical (unpaired) electrons. The van der Waals surface area contributed by atoms with Crippen LogP contribution < -0.4 is 15.4 Å². The Morgan fingerprint density at radius 2 is 1.90 bits per heavy atom. The van der Waals surface area contributed by atoms with Crippen LogP contribution in [0.5, 0.6) is 5.75 Å². The summed E-state index contributed by atoms with van der Waals surface area (Å²) in [5.74, 6) is 2.79. The van der Waals surface area contributed by atoms with Crippen LogP contribution in [-0.2, 0) is 4.84 Å². The zero-order valence-corrected chi connectivity index (χ0v) is 16.4. The van der Waals surface area contributed by atoms with Gasteiger partial charge < -0.3 is 15.4 Å². The Balaban J connectivity index is 1.56. The highest BCUT2D eigenvalue weighted by atomic mass is 16.8. The molecule has 150 valence electrons. The third-order valence-electron chi connectivity index (χ3n) is 4.48. The summed E-state index contributed by atoms with van der Waals surface area (Å²) in [6, 6.07) is 8.76. The minimum Gasteiger partial charge on any atom is -0.496 e. The number of hydrogen-bond donors (Lipinski definition) is 3. The van der Waals surface area contributed by atoms with Crippen molar-refractivity contribution >= 4 is 29.0 Å². The van der Waals surface area contributed by atoms with E-state index in [0.29, 0.717) is 39.9 Å². The predicted octanol–water partition coefficient (Wildman–Crippen LogP) is 3.85. The first kappa shape index (κ1) is 18.7. The first-order valence-electron chi connectivity index (χ1n) is 9.19. The molecule has 2 heterocycles. The molecule has 2 aromatic heterocycles. The molecule has 29 heavy (non-hydrogen) atoms. The Bertz CT molecular complexity index is 1050. The molecule has 0 unspecified atom stereocenters. The summed E-state index contributed by atoms with van der Waals surface area (Å²) in [5, 5.41) is 13.7. The number of aryl methyl sites for hydroxylation is 1. The van der Waals surface area contributed by atoms with Crippen LogP contribution in [0.25, 0.3) is 0 Å². The minimum absolute atomic E-state index is 0.282. The second-order valence-electron chi connectivity index (χ2n) is 6.81. The number of H-pyrrole nitrogens is 1. The number of anilines is 4. The third kappa shape index (κ3) is 4.42. The molecule has 3 aromatic rings. The van der Waals surface area contributed by atoms with Crippen molar-refractivity contribution in [3.63, 3.8) is 0 Å². The molecule has 1 aromatic carbocycles. The lowest BCUT2D eigenvalue weighted by Gasteiger charge is -2.09. The average molecular weight is 396 g/mol. The summed E-state index contributed by atoms with van der Waals surface area (Å²) in [5.41, 5.74) is 2.78. The van der Waals surface area contributed by atoms with Gasteiger partial charge >= 0.3 is 5.69 Å². The van der Waals surface area contributed by atoms with Crippen LogP contribution in [0.2, 0.25) is 0 Å². The molecule has 0 saturated heterocycles. The second kappa shape index (κ2) is 7.74. The average Bonchev–Trinajstić information content (AvgIpc) is 3.46. The monoisotopic (exact) mass is 396 g/mol. The fourth-order valence-corrected chi connectivity index (χ4v) is 2.94. The van der Waals surface area contributed by atoms with Gasteiger partial charge in [0.1, 0.15) is 11.6 Å². The molecule has 1 aliphatic carbocycles. The first-order valence-corrected chi connectivity index (χ1v) is 9.19. The largest absolute Gasteiger partial charge is 0.496 e. The molecule has 0 amide bonds. The van der Waals surface area contributed by atoms with E-state index in [1.165, 1.54) is 27.1 Å².